The van der Waals surface area contributed by atoms with Crippen molar-refractivity contribution < 1.29 is 9.53 Å². The van der Waals surface area contributed by atoms with Crippen LogP contribution >= 0.6 is 11.3 Å². The van der Waals surface area contributed by atoms with Gasteiger partial charge in [-0.05, 0) is 30.3 Å². The number of ether oxygens (including phenoxy) is 1. The smallest absolute Gasteiger partial charge is 0.323 e. The number of hydrogen-bond donors (Lipinski definition) is 4. The molecule has 9 heteroatoms. The van der Waals surface area contributed by atoms with Crippen LogP contribution in [0.4, 0.5) is 16.5 Å². The van der Waals surface area contributed by atoms with E-state index in [1.807, 2.05) is 54.6 Å². The molecule has 0 aliphatic rings. The molecule has 34 heavy (non-hydrogen) atoms. The van der Waals surface area contributed by atoms with Gasteiger partial charge in [0.2, 0.25) is 5.91 Å². The number of carbonyl (C=O) groups is 1. The molecule has 0 aliphatic heterocycles. The van der Waals surface area contributed by atoms with Crippen LogP contribution in [0.1, 0.15) is 4.88 Å². The van der Waals surface area contributed by atoms with Gasteiger partial charge in [-0.25, -0.2) is 9.78 Å². The number of benzene rings is 3. The first-order valence-corrected chi connectivity index (χ1v) is 11.4. The van der Waals surface area contributed by atoms with Crippen LogP contribution in [0, 0.1) is 0 Å². The first-order valence-electron chi connectivity index (χ1n) is 10.6. The molecule has 5 aromatic rings. The first-order chi connectivity index (χ1) is 16.6. The van der Waals surface area contributed by atoms with Crippen LogP contribution in [0.25, 0.3) is 22.3 Å². The standard InChI is InChI=1S/C25H21N5O3S/c1-33-20-10-6-5-9-18(20)29-25-30-23(15-7-3-2-4-8-15)21(34-25)14-22(31)26-16-11-12-17-19(13-16)28-24(32)27-17/h2-13H,14H2,1H3,(H,26,31)(H,29,30)(H2,27,28,32). The quantitative estimate of drug-likeness (QED) is 0.269. The van der Waals surface area contributed by atoms with E-state index in [0.717, 1.165) is 21.8 Å². The lowest BCUT2D eigenvalue weighted by molar-refractivity contribution is -0.115. The summed E-state index contributed by atoms with van der Waals surface area (Å²) < 4.78 is 5.43. The summed E-state index contributed by atoms with van der Waals surface area (Å²) in [5.41, 5.74) is 4.11. The number of aromatic nitrogens is 3. The van der Waals surface area contributed by atoms with Gasteiger partial charge >= 0.3 is 5.69 Å². The van der Waals surface area contributed by atoms with Gasteiger partial charge < -0.3 is 25.3 Å². The minimum absolute atomic E-state index is 0.150. The van der Waals surface area contributed by atoms with E-state index in [0.29, 0.717) is 27.6 Å². The van der Waals surface area contributed by atoms with Crippen LogP contribution in [0.5, 0.6) is 5.75 Å². The molecule has 0 aliphatic carbocycles. The maximum atomic E-state index is 12.9. The number of anilines is 3. The maximum absolute atomic E-state index is 12.9. The molecule has 170 valence electrons. The summed E-state index contributed by atoms with van der Waals surface area (Å²) in [5, 5.41) is 6.89. The lowest BCUT2D eigenvalue weighted by Gasteiger charge is -2.08. The second kappa shape index (κ2) is 9.24. The van der Waals surface area contributed by atoms with Gasteiger partial charge in [0, 0.05) is 16.1 Å². The number of rotatable bonds is 7. The highest BCUT2D eigenvalue weighted by atomic mass is 32.1. The van der Waals surface area contributed by atoms with E-state index in [4.69, 9.17) is 9.72 Å². The lowest BCUT2D eigenvalue weighted by Crippen LogP contribution is -2.14. The molecule has 0 fully saturated rings. The third-order valence-corrected chi connectivity index (χ3v) is 6.18. The number of aromatic amines is 2. The van der Waals surface area contributed by atoms with Crippen LogP contribution in [0.3, 0.4) is 0 Å². The molecule has 1 amide bonds. The maximum Gasteiger partial charge on any atom is 0.323 e. The molecule has 0 spiro atoms. The van der Waals surface area contributed by atoms with Crippen molar-refractivity contribution in [3.63, 3.8) is 0 Å². The first kappa shape index (κ1) is 21.5. The molecular formula is C25H21N5O3S. The SMILES string of the molecule is COc1ccccc1Nc1nc(-c2ccccc2)c(CC(=O)Nc2ccc3[nH]c(=O)[nH]c3c2)s1. The van der Waals surface area contributed by atoms with E-state index < -0.39 is 0 Å². The molecule has 0 bridgehead atoms. The number of amides is 1. The van der Waals surface area contributed by atoms with Crippen LogP contribution < -0.4 is 21.1 Å². The number of imidazole rings is 1. The zero-order valence-corrected chi connectivity index (χ0v) is 19.0. The highest BCUT2D eigenvalue weighted by Crippen LogP contribution is 2.35. The zero-order chi connectivity index (χ0) is 23.5. The Morgan fingerprint density at radius 1 is 1.00 bits per heavy atom. The van der Waals surface area contributed by atoms with Gasteiger partial charge in [-0.15, -0.1) is 11.3 Å². The van der Waals surface area contributed by atoms with Crippen LogP contribution in [-0.2, 0) is 11.2 Å². The Morgan fingerprint density at radius 3 is 2.59 bits per heavy atom. The van der Waals surface area contributed by atoms with Gasteiger partial charge in [0.15, 0.2) is 5.13 Å². The van der Waals surface area contributed by atoms with Crippen LogP contribution in [0.15, 0.2) is 77.6 Å². The monoisotopic (exact) mass is 471 g/mol. The molecule has 2 aromatic heterocycles. The van der Waals surface area contributed by atoms with Crippen molar-refractivity contribution in [2.75, 3.05) is 17.7 Å². The number of nitrogens with zero attached hydrogens (tertiary/aromatic N) is 1. The Kier molecular flexibility index (Phi) is 5.84. The fourth-order valence-corrected chi connectivity index (χ4v) is 4.67. The number of para-hydroxylation sites is 2. The molecule has 0 atom stereocenters. The minimum Gasteiger partial charge on any atom is -0.495 e. The van der Waals surface area contributed by atoms with Crippen molar-refractivity contribution in [2.45, 2.75) is 6.42 Å². The normalized spacial score (nSPS) is 10.9. The number of hydrogen-bond acceptors (Lipinski definition) is 6. The van der Waals surface area contributed by atoms with Crippen LogP contribution in [-0.4, -0.2) is 28.0 Å². The summed E-state index contributed by atoms with van der Waals surface area (Å²) in [6, 6.07) is 22.6. The molecule has 2 heterocycles. The summed E-state index contributed by atoms with van der Waals surface area (Å²) in [7, 11) is 1.62. The Hall–Kier alpha value is -4.37. The second-order valence-corrected chi connectivity index (χ2v) is 8.63. The number of H-pyrrole nitrogens is 2. The Balaban J connectivity index is 1.41. The molecule has 0 unspecified atom stereocenters. The largest absolute Gasteiger partial charge is 0.495 e. The van der Waals surface area contributed by atoms with E-state index >= 15 is 0 Å². The molecule has 5 rings (SSSR count). The molecule has 0 saturated heterocycles. The fourth-order valence-electron chi connectivity index (χ4n) is 3.67. The van der Waals surface area contributed by atoms with Crippen molar-refractivity contribution in [1.29, 1.82) is 0 Å². The Bertz CT molecular complexity index is 1520. The topological polar surface area (TPSA) is 112 Å². The molecular weight excluding hydrogens is 450 g/mol. The predicted octanol–water partition coefficient (Wildman–Crippen LogP) is 4.91. The second-order valence-electron chi connectivity index (χ2n) is 7.55. The average Bonchev–Trinajstić information content (AvgIpc) is 3.41. The van der Waals surface area contributed by atoms with Crippen molar-refractivity contribution in [3.05, 3.63) is 88.2 Å². The number of nitrogens with one attached hydrogen (secondary N) is 4. The summed E-state index contributed by atoms with van der Waals surface area (Å²) >= 11 is 1.42. The van der Waals surface area contributed by atoms with Crippen molar-refractivity contribution >= 4 is 44.8 Å². The Morgan fingerprint density at radius 2 is 1.76 bits per heavy atom. The molecule has 8 nitrogen and oxygen atoms in total. The van der Waals surface area contributed by atoms with Gasteiger partial charge in [-0.3, -0.25) is 4.79 Å². The van der Waals surface area contributed by atoms with Crippen molar-refractivity contribution in [1.82, 2.24) is 15.0 Å². The van der Waals surface area contributed by atoms with E-state index in [9.17, 15) is 9.59 Å². The van der Waals surface area contributed by atoms with E-state index in [2.05, 4.69) is 20.6 Å². The third kappa shape index (κ3) is 4.55. The highest BCUT2D eigenvalue weighted by molar-refractivity contribution is 7.16. The van der Waals surface area contributed by atoms with Gasteiger partial charge in [0.1, 0.15) is 5.75 Å². The van der Waals surface area contributed by atoms with E-state index in [1.165, 1.54) is 11.3 Å². The van der Waals surface area contributed by atoms with E-state index in [-0.39, 0.29) is 18.0 Å². The summed E-state index contributed by atoms with van der Waals surface area (Å²) in [6.45, 7) is 0. The number of carbonyl (C=O) groups excluding carboxylic acids is 1. The average molecular weight is 472 g/mol. The molecule has 3 aromatic carbocycles. The van der Waals surface area contributed by atoms with Gasteiger partial charge in [0.25, 0.3) is 0 Å². The summed E-state index contributed by atoms with van der Waals surface area (Å²) in [5.74, 6) is 0.526. The lowest BCUT2D eigenvalue weighted by atomic mass is 10.1. The number of thiazole rings is 1. The molecule has 0 saturated carbocycles. The zero-order valence-electron chi connectivity index (χ0n) is 18.2. The van der Waals surface area contributed by atoms with Gasteiger partial charge in [-0.2, -0.15) is 0 Å². The third-order valence-electron chi connectivity index (χ3n) is 5.21. The molecule has 4 N–H and O–H groups in total. The minimum atomic E-state index is -0.286. The number of methoxy groups -OCH3 is 1. The van der Waals surface area contributed by atoms with E-state index in [1.54, 1.807) is 25.3 Å². The highest BCUT2D eigenvalue weighted by Gasteiger charge is 2.17. The Labute approximate surface area is 198 Å². The van der Waals surface area contributed by atoms with Gasteiger partial charge in [-0.1, -0.05) is 42.5 Å². The van der Waals surface area contributed by atoms with Crippen LogP contribution in [0.2, 0.25) is 0 Å². The molecule has 0 radical (unpaired) electrons. The van der Waals surface area contributed by atoms with Gasteiger partial charge in [0.05, 0.1) is 35.9 Å². The predicted molar refractivity (Wildman–Crippen MR) is 135 cm³/mol. The fraction of sp³-hybridized carbons (Fsp3) is 0.0800. The summed E-state index contributed by atoms with van der Waals surface area (Å²) in [6.07, 6.45) is 0.150. The van der Waals surface area contributed by atoms with Crippen molar-refractivity contribution in [2.24, 2.45) is 0 Å². The summed E-state index contributed by atoms with van der Waals surface area (Å²) in [4.78, 5) is 35.4. The van der Waals surface area contributed by atoms with Crippen molar-refractivity contribution in [3.8, 4) is 17.0 Å². The number of fused-ring (bicyclic) bond motifs is 1.